The van der Waals surface area contributed by atoms with Crippen molar-refractivity contribution in [3.63, 3.8) is 0 Å². The standard InChI is InChI=1S/C21H31N5O2/c1-3-4-8-28-9-6-19(27)26-12-15-10-17(11-16(15)13-26)25(2)21-18-5-7-22-20(18)23-14-24-21/h5,7,14-17H,3-4,6,8-13H2,1-2H3,(H,22,23,24)/t15-,16?,17?/m0/s1. The number of carbonyl (C=O) groups excluding carboxylic acids is 1. The molecule has 2 unspecified atom stereocenters. The van der Waals surface area contributed by atoms with Crippen molar-refractivity contribution in [2.24, 2.45) is 11.8 Å². The molecule has 2 fully saturated rings. The summed E-state index contributed by atoms with van der Waals surface area (Å²) >= 11 is 0. The van der Waals surface area contributed by atoms with Crippen molar-refractivity contribution in [3.8, 4) is 0 Å². The SMILES string of the molecule is CCCCOCCC(=O)N1CC2CC(N(C)c3ncnc4[nH]ccc34)C[C@H]2C1. The molecule has 3 heterocycles. The van der Waals surface area contributed by atoms with Gasteiger partial charge in [0.1, 0.15) is 17.8 Å². The van der Waals surface area contributed by atoms with Crippen LogP contribution in [0, 0.1) is 11.8 Å². The minimum absolute atomic E-state index is 0.251. The lowest BCUT2D eigenvalue weighted by molar-refractivity contribution is -0.131. The maximum Gasteiger partial charge on any atom is 0.224 e. The summed E-state index contributed by atoms with van der Waals surface area (Å²) in [5, 5.41) is 1.07. The summed E-state index contributed by atoms with van der Waals surface area (Å²) in [6, 6.07) is 2.51. The van der Waals surface area contributed by atoms with Gasteiger partial charge in [-0.2, -0.15) is 0 Å². The third kappa shape index (κ3) is 3.85. The molecule has 1 saturated carbocycles. The normalized spacial score (nSPS) is 24.1. The van der Waals surface area contributed by atoms with Crippen molar-refractivity contribution in [2.75, 3.05) is 38.3 Å². The largest absolute Gasteiger partial charge is 0.381 e. The number of likely N-dealkylation sites (tertiary alicyclic amines) is 1. The number of carbonyl (C=O) groups is 1. The summed E-state index contributed by atoms with van der Waals surface area (Å²) in [5.41, 5.74) is 0.882. The molecule has 7 heteroatoms. The third-order valence-electron chi connectivity index (χ3n) is 6.40. The number of anilines is 1. The van der Waals surface area contributed by atoms with Gasteiger partial charge in [-0.3, -0.25) is 4.79 Å². The fourth-order valence-corrected chi connectivity index (χ4v) is 4.77. The topological polar surface area (TPSA) is 74.3 Å². The van der Waals surface area contributed by atoms with Crippen molar-refractivity contribution >= 4 is 22.8 Å². The van der Waals surface area contributed by atoms with Crippen molar-refractivity contribution in [2.45, 2.75) is 45.1 Å². The number of fused-ring (bicyclic) bond motifs is 2. The van der Waals surface area contributed by atoms with Gasteiger partial charge in [-0.05, 0) is 37.2 Å². The number of unbranched alkanes of at least 4 members (excludes halogenated alkanes) is 1. The predicted octanol–water partition coefficient (Wildman–Crippen LogP) is 2.84. The number of rotatable bonds is 8. The Labute approximate surface area is 166 Å². The minimum atomic E-state index is 0.251. The lowest BCUT2D eigenvalue weighted by Crippen LogP contribution is -2.34. The van der Waals surface area contributed by atoms with Crippen LogP contribution in [0.4, 0.5) is 5.82 Å². The zero-order valence-electron chi connectivity index (χ0n) is 16.9. The monoisotopic (exact) mass is 385 g/mol. The molecular weight excluding hydrogens is 354 g/mol. The van der Waals surface area contributed by atoms with Crippen LogP contribution >= 0.6 is 0 Å². The van der Waals surface area contributed by atoms with E-state index in [-0.39, 0.29) is 5.91 Å². The van der Waals surface area contributed by atoms with Gasteiger partial charge in [0.25, 0.3) is 0 Å². The molecule has 1 aliphatic carbocycles. The zero-order chi connectivity index (χ0) is 19.5. The summed E-state index contributed by atoms with van der Waals surface area (Å²) in [6.45, 7) is 5.25. The summed E-state index contributed by atoms with van der Waals surface area (Å²) < 4.78 is 5.56. The van der Waals surface area contributed by atoms with Crippen LogP contribution in [0.2, 0.25) is 0 Å². The number of ether oxygens (including phenoxy) is 1. The average molecular weight is 386 g/mol. The number of H-pyrrole nitrogens is 1. The van der Waals surface area contributed by atoms with Gasteiger partial charge in [0, 0.05) is 39.0 Å². The van der Waals surface area contributed by atoms with Gasteiger partial charge in [0.15, 0.2) is 0 Å². The molecule has 0 bridgehead atoms. The molecule has 7 nitrogen and oxygen atoms in total. The molecule has 1 amide bonds. The maximum absolute atomic E-state index is 12.5. The van der Waals surface area contributed by atoms with E-state index in [1.807, 2.05) is 12.3 Å². The number of nitrogens with zero attached hydrogens (tertiary/aromatic N) is 4. The fourth-order valence-electron chi connectivity index (χ4n) is 4.77. The first-order valence-corrected chi connectivity index (χ1v) is 10.5. The van der Waals surface area contributed by atoms with Gasteiger partial charge in [0.05, 0.1) is 18.4 Å². The number of hydrogen-bond donors (Lipinski definition) is 1. The molecule has 2 aliphatic rings. The third-order valence-corrected chi connectivity index (χ3v) is 6.40. The molecule has 4 rings (SSSR count). The minimum Gasteiger partial charge on any atom is -0.381 e. The van der Waals surface area contributed by atoms with Gasteiger partial charge in [-0.1, -0.05) is 13.3 Å². The zero-order valence-corrected chi connectivity index (χ0v) is 16.9. The second-order valence-corrected chi connectivity index (χ2v) is 8.21. The highest BCUT2D eigenvalue weighted by Gasteiger charge is 2.43. The quantitative estimate of drug-likeness (QED) is 0.707. The number of hydrogen-bond acceptors (Lipinski definition) is 5. The lowest BCUT2D eigenvalue weighted by atomic mass is 10.0. The molecule has 28 heavy (non-hydrogen) atoms. The Balaban J connectivity index is 1.29. The van der Waals surface area contributed by atoms with Crippen LogP contribution in [-0.2, 0) is 9.53 Å². The van der Waals surface area contributed by atoms with Crippen molar-refractivity contribution in [3.05, 3.63) is 18.6 Å². The fraction of sp³-hybridized carbons (Fsp3) is 0.667. The number of nitrogens with one attached hydrogen (secondary N) is 1. The van der Waals surface area contributed by atoms with Crippen molar-refractivity contribution < 1.29 is 9.53 Å². The van der Waals surface area contributed by atoms with E-state index < -0.39 is 0 Å². The Bertz CT molecular complexity index is 793. The van der Waals surface area contributed by atoms with Crippen LogP contribution in [0.15, 0.2) is 18.6 Å². The van der Waals surface area contributed by atoms with E-state index in [9.17, 15) is 4.79 Å². The Hall–Kier alpha value is -2.15. The van der Waals surface area contributed by atoms with Crippen LogP contribution in [0.25, 0.3) is 11.0 Å². The van der Waals surface area contributed by atoms with E-state index in [1.165, 1.54) is 0 Å². The van der Waals surface area contributed by atoms with Gasteiger partial charge >= 0.3 is 0 Å². The molecule has 1 N–H and O–H groups in total. The second-order valence-electron chi connectivity index (χ2n) is 8.21. The maximum atomic E-state index is 12.5. The van der Waals surface area contributed by atoms with Crippen molar-refractivity contribution in [1.82, 2.24) is 19.9 Å². The Morgan fingerprint density at radius 3 is 2.82 bits per heavy atom. The molecular formula is C21H31N5O2. The van der Waals surface area contributed by atoms with E-state index >= 15 is 0 Å². The molecule has 0 spiro atoms. The molecule has 152 valence electrons. The van der Waals surface area contributed by atoms with Crippen LogP contribution in [0.3, 0.4) is 0 Å². The first-order valence-electron chi connectivity index (χ1n) is 10.5. The number of amides is 1. The van der Waals surface area contributed by atoms with E-state index in [0.29, 0.717) is 30.9 Å². The highest BCUT2D eigenvalue weighted by molar-refractivity contribution is 5.87. The van der Waals surface area contributed by atoms with Crippen LogP contribution in [-0.4, -0.2) is 65.2 Å². The van der Waals surface area contributed by atoms with Crippen molar-refractivity contribution in [1.29, 1.82) is 0 Å². The van der Waals surface area contributed by atoms with E-state index in [2.05, 4.69) is 38.7 Å². The Kier molecular flexibility index (Phi) is 5.80. The van der Waals surface area contributed by atoms with Gasteiger partial charge < -0.3 is 19.5 Å². The summed E-state index contributed by atoms with van der Waals surface area (Å²) in [7, 11) is 2.14. The van der Waals surface area contributed by atoms with Crippen LogP contribution in [0.5, 0.6) is 0 Å². The first kappa shape index (κ1) is 19.2. The van der Waals surface area contributed by atoms with Gasteiger partial charge in [-0.15, -0.1) is 0 Å². The summed E-state index contributed by atoms with van der Waals surface area (Å²) in [5.74, 6) is 2.44. The lowest BCUT2D eigenvalue weighted by Gasteiger charge is -2.28. The molecule has 3 atom stereocenters. The van der Waals surface area contributed by atoms with E-state index in [1.54, 1.807) is 6.33 Å². The molecule has 2 aromatic heterocycles. The molecule has 1 saturated heterocycles. The predicted molar refractivity (Wildman–Crippen MR) is 109 cm³/mol. The second kappa shape index (κ2) is 8.47. The van der Waals surface area contributed by atoms with E-state index in [4.69, 9.17) is 4.74 Å². The molecule has 0 radical (unpaired) electrons. The molecule has 1 aliphatic heterocycles. The highest BCUT2D eigenvalue weighted by atomic mass is 16.5. The molecule has 2 aromatic rings. The summed E-state index contributed by atoms with van der Waals surface area (Å²) in [4.78, 5) is 28.8. The first-order chi connectivity index (χ1) is 13.7. The number of aromatic amines is 1. The smallest absolute Gasteiger partial charge is 0.224 e. The van der Waals surface area contributed by atoms with E-state index in [0.717, 1.165) is 62.2 Å². The Morgan fingerprint density at radius 2 is 2.07 bits per heavy atom. The van der Waals surface area contributed by atoms with Gasteiger partial charge in [-0.25, -0.2) is 9.97 Å². The van der Waals surface area contributed by atoms with Crippen LogP contribution in [0.1, 0.15) is 39.0 Å². The molecule has 0 aromatic carbocycles. The number of aromatic nitrogens is 3. The highest BCUT2D eigenvalue weighted by Crippen LogP contribution is 2.41. The van der Waals surface area contributed by atoms with Crippen LogP contribution < -0.4 is 4.90 Å². The summed E-state index contributed by atoms with van der Waals surface area (Å²) in [6.07, 6.45) is 8.49. The Morgan fingerprint density at radius 1 is 1.29 bits per heavy atom. The average Bonchev–Trinajstić information content (AvgIpc) is 3.40. The van der Waals surface area contributed by atoms with Gasteiger partial charge in [0.2, 0.25) is 5.91 Å².